The van der Waals surface area contributed by atoms with Gasteiger partial charge in [0.1, 0.15) is 0 Å². The van der Waals surface area contributed by atoms with E-state index in [0.29, 0.717) is 5.92 Å². The molecule has 0 bridgehead atoms. The second-order valence-electron chi connectivity index (χ2n) is 5.93. The lowest BCUT2D eigenvalue weighted by atomic mass is 9.99. The fraction of sp³-hybridized carbons (Fsp3) is 0.667. The summed E-state index contributed by atoms with van der Waals surface area (Å²) in [6, 6.07) is 2.33. The number of amides is 1. The molecule has 1 aromatic rings. The zero-order valence-corrected chi connectivity index (χ0v) is 13.6. The van der Waals surface area contributed by atoms with Crippen molar-refractivity contribution in [3.63, 3.8) is 0 Å². The molecule has 0 radical (unpaired) electrons. The highest BCUT2D eigenvalue weighted by Crippen LogP contribution is 2.31. The van der Waals surface area contributed by atoms with Gasteiger partial charge in [-0.3, -0.25) is 4.79 Å². The van der Waals surface area contributed by atoms with Gasteiger partial charge >= 0.3 is 0 Å². The Morgan fingerprint density at radius 3 is 2.85 bits per heavy atom. The topological polar surface area (TPSA) is 46.3 Å². The number of hydrogen-bond acceptors (Lipinski definition) is 3. The molecule has 20 heavy (non-hydrogen) atoms. The first-order valence-corrected chi connectivity index (χ1v) is 8.13. The number of likely N-dealkylation sites (tertiary alicyclic amines) is 1. The number of carbonyl (C=O) groups is 1. The number of nitrogens with two attached hydrogens (primary N) is 1. The van der Waals surface area contributed by atoms with Crippen molar-refractivity contribution < 1.29 is 4.79 Å². The zero-order valence-electron chi connectivity index (χ0n) is 11.9. The summed E-state index contributed by atoms with van der Waals surface area (Å²) < 4.78 is 0. The van der Waals surface area contributed by atoms with Gasteiger partial charge in [0.25, 0.3) is 5.91 Å². The van der Waals surface area contributed by atoms with Crippen LogP contribution in [0.25, 0.3) is 0 Å². The van der Waals surface area contributed by atoms with E-state index in [1.54, 1.807) is 11.3 Å². The standard InChI is InChI=1S/C15H22N2OS.ClH/c1-10(16)12-6-7-17(9-12)15(18)14-8-11-4-2-3-5-13(11)19-14;/h8,10,12H,2-7,9,16H2,1H3;1H. The minimum absolute atomic E-state index is 0. The second-order valence-corrected chi connectivity index (χ2v) is 7.06. The number of hydrogen-bond donors (Lipinski definition) is 1. The molecule has 2 atom stereocenters. The van der Waals surface area contributed by atoms with Crippen LogP contribution in [0.15, 0.2) is 6.07 Å². The van der Waals surface area contributed by atoms with Crippen LogP contribution < -0.4 is 5.73 Å². The van der Waals surface area contributed by atoms with Crippen LogP contribution in [0.1, 0.15) is 46.3 Å². The summed E-state index contributed by atoms with van der Waals surface area (Å²) in [5.74, 6) is 0.695. The maximum atomic E-state index is 12.5. The predicted octanol–water partition coefficient (Wildman–Crippen LogP) is 2.86. The second kappa shape index (κ2) is 6.46. The van der Waals surface area contributed by atoms with E-state index in [0.717, 1.165) is 37.2 Å². The van der Waals surface area contributed by atoms with Crippen LogP contribution in [0.2, 0.25) is 0 Å². The van der Waals surface area contributed by atoms with Gasteiger partial charge < -0.3 is 10.6 Å². The molecular formula is C15H23ClN2OS. The molecule has 3 nitrogen and oxygen atoms in total. The van der Waals surface area contributed by atoms with Gasteiger partial charge in [0.15, 0.2) is 0 Å². The first-order chi connectivity index (χ1) is 9.15. The molecule has 0 saturated carbocycles. The molecule has 112 valence electrons. The summed E-state index contributed by atoms with van der Waals surface area (Å²) in [6.07, 6.45) is 5.91. The maximum Gasteiger partial charge on any atom is 0.263 e. The van der Waals surface area contributed by atoms with E-state index in [1.165, 1.54) is 23.3 Å². The molecule has 2 N–H and O–H groups in total. The van der Waals surface area contributed by atoms with E-state index in [4.69, 9.17) is 5.73 Å². The highest BCUT2D eigenvalue weighted by Gasteiger charge is 2.30. The Hall–Kier alpha value is -0.580. The Balaban J connectivity index is 0.00000147. The van der Waals surface area contributed by atoms with E-state index in [9.17, 15) is 4.79 Å². The van der Waals surface area contributed by atoms with Crippen LogP contribution in [0.3, 0.4) is 0 Å². The molecule has 1 amide bonds. The average molecular weight is 315 g/mol. The Morgan fingerprint density at radius 2 is 2.20 bits per heavy atom. The van der Waals surface area contributed by atoms with Crippen molar-refractivity contribution in [1.82, 2.24) is 4.90 Å². The number of nitrogens with zero attached hydrogens (tertiary/aromatic N) is 1. The average Bonchev–Trinajstić information content (AvgIpc) is 3.04. The number of fused-ring (bicyclic) bond motifs is 1. The van der Waals surface area contributed by atoms with Crippen molar-refractivity contribution in [3.8, 4) is 0 Å². The summed E-state index contributed by atoms with van der Waals surface area (Å²) in [5.41, 5.74) is 7.36. The highest BCUT2D eigenvalue weighted by atomic mass is 35.5. The predicted molar refractivity (Wildman–Crippen MR) is 85.9 cm³/mol. The smallest absolute Gasteiger partial charge is 0.263 e. The Bertz CT molecular complexity index is 463. The largest absolute Gasteiger partial charge is 0.338 e. The first kappa shape index (κ1) is 15.8. The Morgan fingerprint density at radius 1 is 1.45 bits per heavy atom. The number of rotatable bonds is 2. The summed E-state index contributed by atoms with van der Waals surface area (Å²) in [4.78, 5) is 16.9. The van der Waals surface area contributed by atoms with Crippen LogP contribution in [0, 0.1) is 5.92 Å². The fourth-order valence-corrected chi connectivity index (χ4v) is 4.37. The van der Waals surface area contributed by atoms with Crippen molar-refractivity contribution in [3.05, 3.63) is 21.4 Å². The molecule has 2 unspecified atom stereocenters. The third-order valence-corrected chi connectivity index (χ3v) is 5.69. The van der Waals surface area contributed by atoms with Gasteiger partial charge in [-0.25, -0.2) is 0 Å². The van der Waals surface area contributed by atoms with Crippen molar-refractivity contribution in [2.45, 2.75) is 45.1 Å². The van der Waals surface area contributed by atoms with Crippen LogP contribution >= 0.6 is 23.7 Å². The molecule has 0 spiro atoms. The van der Waals surface area contributed by atoms with E-state index < -0.39 is 0 Å². The molecule has 2 heterocycles. The van der Waals surface area contributed by atoms with E-state index in [2.05, 4.69) is 6.07 Å². The molecule has 5 heteroatoms. The van der Waals surface area contributed by atoms with Crippen LogP contribution in [0.5, 0.6) is 0 Å². The third kappa shape index (κ3) is 3.02. The number of thiophene rings is 1. The Labute approximate surface area is 130 Å². The molecule has 1 fully saturated rings. The van der Waals surface area contributed by atoms with E-state index >= 15 is 0 Å². The summed E-state index contributed by atoms with van der Waals surface area (Å²) in [6.45, 7) is 3.75. The molecular weight excluding hydrogens is 292 g/mol. The minimum atomic E-state index is 0. The third-order valence-electron chi connectivity index (χ3n) is 4.46. The van der Waals surface area contributed by atoms with Gasteiger partial charge in [0.2, 0.25) is 0 Å². The molecule has 1 aliphatic carbocycles. The number of carbonyl (C=O) groups excluding carboxylic acids is 1. The van der Waals surface area contributed by atoms with Gasteiger partial charge in [0, 0.05) is 24.0 Å². The summed E-state index contributed by atoms with van der Waals surface area (Å²) >= 11 is 1.72. The van der Waals surface area contributed by atoms with Crippen LogP contribution in [-0.4, -0.2) is 29.9 Å². The van der Waals surface area contributed by atoms with E-state index in [1.807, 2.05) is 11.8 Å². The number of aryl methyl sites for hydroxylation is 2. The van der Waals surface area contributed by atoms with Gasteiger partial charge in [-0.05, 0) is 56.6 Å². The maximum absolute atomic E-state index is 12.5. The minimum Gasteiger partial charge on any atom is -0.338 e. The molecule has 1 saturated heterocycles. The molecule has 1 aromatic heterocycles. The van der Waals surface area contributed by atoms with E-state index in [-0.39, 0.29) is 24.4 Å². The Kier molecular flexibility index (Phi) is 5.10. The summed E-state index contributed by atoms with van der Waals surface area (Å²) in [5, 5.41) is 0. The monoisotopic (exact) mass is 314 g/mol. The summed E-state index contributed by atoms with van der Waals surface area (Å²) in [7, 11) is 0. The molecule has 1 aliphatic heterocycles. The van der Waals surface area contributed by atoms with Gasteiger partial charge in [-0.15, -0.1) is 23.7 Å². The first-order valence-electron chi connectivity index (χ1n) is 7.31. The van der Waals surface area contributed by atoms with Crippen molar-refractivity contribution in [1.29, 1.82) is 0 Å². The zero-order chi connectivity index (χ0) is 13.4. The lowest BCUT2D eigenvalue weighted by Crippen LogP contribution is -2.32. The van der Waals surface area contributed by atoms with Crippen molar-refractivity contribution in [2.75, 3.05) is 13.1 Å². The highest BCUT2D eigenvalue weighted by molar-refractivity contribution is 7.14. The molecule has 2 aliphatic rings. The van der Waals surface area contributed by atoms with Crippen LogP contribution in [-0.2, 0) is 12.8 Å². The quantitative estimate of drug-likeness (QED) is 0.912. The SMILES string of the molecule is CC(N)C1CCN(C(=O)c2cc3c(s2)CCCC3)C1.Cl. The normalized spacial score (nSPS) is 23.1. The van der Waals surface area contributed by atoms with Gasteiger partial charge in [0.05, 0.1) is 4.88 Å². The molecule has 3 rings (SSSR count). The number of halogens is 1. The lowest BCUT2D eigenvalue weighted by Gasteiger charge is -2.17. The fourth-order valence-electron chi connectivity index (χ4n) is 3.15. The lowest BCUT2D eigenvalue weighted by molar-refractivity contribution is 0.0790. The van der Waals surface area contributed by atoms with Gasteiger partial charge in [-0.1, -0.05) is 0 Å². The van der Waals surface area contributed by atoms with Crippen molar-refractivity contribution in [2.24, 2.45) is 11.7 Å². The van der Waals surface area contributed by atoms with Gasteiger partial charge in [-0.2, -0.15) is 0 Å². The van der Waals surface area contributed by atoms with Crippen LogP contribution in [0.4, 0.5) is 0 Å². The molecule has 0 aromatic carbocycles. The van der Waals surface area contributed by atoms with Crippen molar-refractivity contribution >= 4 is 29.7 Å².